The zero-order chi connectivity index (χ0) is 13.8. The summed E-state index contributed by atoms with van der Waals surface area (Å²) in [6.45, 7) is 4.92. The van der Waals surface area contributed by atoms with Crippen LogP contribution in [0.1, 0.15) is 12.5 Å². The van der Waals surface area contributed by atoms with Crippen molar-refractivity contribution >= 4 is 22.5 Å². The SMILES string of the molecule is C=CC(=O)Oc1ccc2cc(CC(C)=O)ccc2c1. The van der Waals surface area contributed by atoms with Crippen LogP contribution < -0.4 is 4.74 Å². The molecular weight excluding hydrogens is 240 g/mol. The number of hydrogen-bond acceptors (Lipinski definition) is 3. The molecule has 0 saturated carbocycles. The molecular formula is C16H14O3. The van der Waals surface area contributed by atoms with E-state index in [4.69, 9.17) is 4.74 Å². The van der Waals surface area contributed by atoms with E-state index >= 15 is 0 Å². The molecule has 0 fully saturated rings. The van der Waals surface area contributed by atoms with Crippen molar-refractivity contribution in [3.05, 3.63) is 54.6 Å². The van der Waals surface area contributed by atoms with Crippen LogP contribution >= 0.6 is 0 Å². The third-order valence-electron chi connectivity index (χ3n) is 2.71. The van der Waals surface area contributed by atoms with Crippen LogP contribution in [0.3, 0.4) is 0 Å². The van der Waals surface area contributed by atoms with Crippen LogP contribution in [0.2, 0.25) is 0 Å². The summed E-state index contributed by atoms with van der Waals surface area (Å²) in [4.78, 5) is 22.2. The predicted octanol–water partition coefficient (Wildman–Crippen LogP) is 3.06. The summed E-state index contributed by atoms with van der Waals surface area (Å²) in [6, 6.07) is 11.2. The Balaban J connectivity index is 2.32. The molecule has 0 amide bonds. The fraction of sp³-hybridized carbons (Fsp3) is 0.125. The molecule has 0 radical (unpaired) electrons. The van der Waals surface area contributed by atoms with Crippen molar-refractivity contribution in [2.24, 2.45) is 0 Å². The average molecular weight is 254 g/mol. The number of carbonyl (C=O) groups is 2. The second kappa shape index (κ2) is 5.48. The Labute approximate surface area is 111 Å². The van der Waals surface area contributed by atoms with E-state index in [1.165, 1.54) is 0 Å². The molecule has 2 rings (SSSR count). The van der Waals surface area contributed by atoms with Crippen LogP contribution in [0.15, 0.2) is 49.1 Å². The maximum atomic E-state index is 11.1. The highest BCUT2D eigenvalue weighted by atomic mass is 16.5. The second-order valence-electron chi connectivity index (χ2n) is 4.35. The molecule has 0 aromatic heterocycles. The Morgan fingerprint density at radius 2 is 1.84 bits per heavy atom. The van der Waals surface area contributed by atoms with E-state index in [0.717, 1.165) is 22.4 Å². The van der Waals surface area contributed by atoms with Crippen molar-refractivity contribution in [1.29, 1.82) is 0 Å². The van der Waals surface area contributed by atoms with Gasteiger partial charge in [-0.25, -0.2) is 4.79 Å². The summed E-state index contributed by atoms with van der Waals surface area (Å²) in [6.07, 6.45) is 1.56. The predicted molar refractivity (Wildman–Crippen MR) is 74.2 cm³/mol. The molecule has 0 atom stereocenters. The summed E-state index contributed by atoms with van der Waals surface area (Å²) in [5.41, 5.74) is 0.982. The Kier molecular flexibility index (Phi) is 3.76. The molecule has 0 unspecified atom stereocenters. The molecule has 2 aromatic carbocycles. The van der Waals surface area contributed by atoms with Gasteiger partial charge in [-0.3, -0.25) is 4.79 Å². The van der Waals surface area contributed by atoms with Gasteiger partial charge in [-0.05, 0) is 35.4 Å². The summed E-state index contributed by atoms with van der Waals surface area (Å²) >= 11 is 0. The maximum absolute atomic E-state index is 11.1. The lowest BCUT2D eigenvalue weighted by Crippen LogP contribution is -2.02. The van der Waals surface area contributed by atoms with E-state index in [9.17, 15) is 9.59 Å². The van der Waals surface area contributed by atoms with E-state index in [0.29, 0.717) is 12.2 Å². The Bertz CT molecular complexity index is 656. The van der Waals surface area contributed by atoms with Crippen molar-refractivity contribution in [2.75, 3.05) is 0 Å². The highest BCUT2D eigenvalue weighted by molar-refractivity contribution is 5.88. The maximum Gasteiger partial charge on any atom is 0.335 e. The Hall–Kier alpha value is -2.42. The zero-order valence-corrected chi connectivity index (χ0v) is 10.7. The van der Waals surface area contributed by atoms with Gasteiger partial charge in [0.05, 0.1) is 0 Å². The number of ketones is 1. The van der Waals surface area contributed by atoms with Crippen molar-refractivity contribution in [3.8, 4) is 5.75 Å². The number of fused-ring (bicyclic) bond motifs is 1. The van der Waals surface area contributed by atoms with Gasteiger partial charge in [-0.2, -0.15) is 0 Å². The fourth-order valence-electron chi connectivity index (χ4n) is 1.89. The molecule has 0 aliphatic heterocycles. The molecule has 19 heavy (non-hydrogen) atoms. The summed E-state index contributed by atoms with van der Waals surface area (Å²) in [7, 11) is 0. The first kappa shape index (κ1) is 13.0. The van der Waals surface area contributed by atoms with Gasteiger partial charge < -0.3 is 4.74 Å². The molecule has 0 saturated heterocycles. The molecule has 0 spiro atoms. The molecule has 0 aliphatic carbocycles. The van der Waals surface area contributed by atoms with Crippen LogP contribution in [-0.2, 0) is 16.0 Å². The number of ether oxygens (including phenoxy) is 1. The van der Waals surface area contributed by atoms with Crippen LogP contribution in [0, 0.1) is 0 Å². The number of rotatable bonds is 4. The highest BCUT2D eigenvalue weighted by Crippen LogP contribution is 2.22. The molecule has 0 aliphatic rings. The van der Waals surface area contributed by atoms with Gasteiger partial charge in [0.25, 0.3) is 0 Å². The smallest absolute Gasteiger partial charge is 0.335 e. The first-order chi connectivity index (χ1) is 9.08. The van der Waals surface area contributed by atoms with Gasteiger partial charge in [0.15, 0.2) is 0 Å². The van der Waals surface area contributed by atoms with Crippen molar-refractivity contribution in [1.82, 2.24) is 0 Å². The van der Waals surface area contributed by atoms with E-state index in [2.05, 4.69) is 6.58 Å². The Morgan fingerprint density at radius 1 is 1.16 bits per heavy atom. The third-order valence-corrected chi connectivity index (χ3v) is 2.71. The summed E-state index contributed by atoms with van der Waals surface area (Å²) in [5.74, 6) is 0.139. The normalized spacial score (nSPS) is 10.2. The van der Waals surface area contributed by atoms with Crippen molar-refractivity contribution in [2.45, 2.75) is 13.3 Å². The highest BCUT2D eigenvalue weighted by Gasteiger charge is 2.03. The number of carbonyl (C=O) groups excluding carboxylic acids is 2. The summed E-state index contributed by atoms with van der Waals surface area (Å²) in [5, 5.41) is 1.97. The topological polar surface area (TPSA) is 43.4 Å². The van der Waals surface area contributed by atoms with E-state index < -0.39 is 5.97 Å². The fourth-order valence-corrected chi connectivity index (χ4v) is 1.89. The molecule has 3 heteroatoms. The lowest BCUT2D eigenvalue weighted by Gasteiger charge is -2.05. The second-order valence-corrected chi connectivity index (χ2v) is 4.35. The first-order valence-electron chi connectivity index (χ1n) is 5.95. The van der Waals surface area contributed by atoms with Crippen LogP contribution in [0.25, 0.3) is 10.8 Å². The first-order valence-corrected chi connectivity index (χ1v) is 5.95. The van der Waals surface area contributed by atoms with Crippen LogP contribution in [0.5, 0.6) is 5.75 Å². The molecule has 96 valence electrons. The summed E-state index contributed by atoms with van der Waals surface area (Å²) < 4.78 is 5.06. The lowest BCUT2D eigenvalue weighted by atomic mass is 10.0. The third kappa shape index (κ3) is 3.28. The standard InChI is InChI=1S/C16H14O3/c1-3-16(18)19-15-7-6-13-9-12(8-11(2)17)4-5-14(13)10-15/h3-7,9-10H,1,8H2,2H3. The molecule has 0 bridgehead atoms. The van der Waals surface area contributed by atoms with Gasteiger partial charge in [0.1, 0.15) is 11.5 Å². The molecule has 2 aromatic rings. The van der Waals surface area contributed by atoms with Gasteiger partial charge in [-0.1, -0.05) is 30.8 Å². The van der Waals surface area contributed by atoms with Gasteiger partial charge >= 0.3 is 5.97 Å². The van der Waals surface area contributed by atoms with E-state index in [1.54, 1.807) is 19.1 Å². The van der Waals surface area contributed by atoms with Gasteiger partial charge in [0.2, 0.25) is 0 Å². The average Bonchev–Trinajstić information content (AvgIpc) is 2.38. The minimum Gasteiger partial charge on any atom is -0.423 e. The lowest BCUT2D eigenvalue weighted by molar-refractivity contribution is -0.129. The quantitative estimate of drug-likeness (QED) is 0.478. The largest absolute Gasteiger partial charge is 0.423 e. The zero-order valence-electron chi connectivity index (χ0n) is 10.7. The molecule has 0 N–H and O–H groups in total. The minimum atomic E-state index is -0.479. The van der Waals surface area contributed by atoms with E-state index in [-0.39, 0.29) is 5.78 Å². The van der Waals surface area contributed by atoms with Gasteiger partial charge in [-0.15, -0.1) is 0 Å². The number of hydrogen-bond donors (Lipinski definition) is 0. The number of benzene rings is 2. The van der Waals surface area contributed by atoms with Crippen LogP contribution in [-0.4, -0.2) is 11.8 Å². The molecule has 3 nitrogen and oxygen atoms in total. The van der Waals surface area contributed by atoms with Crippen molar-refractivity contribution in [3.63, 3.8) is 0 Å². The molecule has 0 heterocycles. The van der Waals surface area contributed by atoms with Gasteiger partial charge in [0, 0.05) is 12.5 Å². The van der Waals surface area contributed by atoms with E-state index in [1.807, 2.05) is 24.3 Å². The Morgan fingerprint density at radius 3 is 2.53 bits per heavy atom. The van der Waals surface area contributed by atoms with Crippen molar-refractivity contribution < 1.29 is 14.3 Å². The monoisotopic (exact) mass is 254 g/mol. The number of esters is 1. The minimum absolute atomic E-state index is 0.135. The number of Topliss-reactive ketones (excluding diaryl/α,β-unsaturated/α-hetero) is 1. The van der Waals surface area contributed by atoms with Crippen LogP contribution in [0.4, 0.5) is 0 Å².